The van der Waals surface area contributed by atoms with Crippen LogP contribution in [0.15, 0.2) is 48.5 Å². The van der Waals surface area contributed by atoms with Crippen LogP contribution in [-0.4, -0.2) is 50.3 Å². The van der Waals surface area contributed by atoms with Crippen LogP contribution in [0.2, 0.25) is 5.02 Å². The van der Waals surface area contributed by atoms with Gasteiger partial charge < -0.3 is 14.8 Å². The van der Waals surface area contributed by atoms with Crippen molar-refractivity contribution in [3.05, 3.63) is 64.7 Å². The van der Waals surface area contributed by atoms with E-state index in [2.05, 4.69) is 41.4 Å². The lowest BCUT2D eigenvalue weighted by Gasteiger charge is -2.31. The molecule has 1 unspecified atom stereocenters. The van der Waals surface area contributed by atoms with Gasteiger partial charge in [0.05, 0.1) is 19.3 Å². The molecule has 27 heavy (non-hydrogen) atoms. The molecule has 144 valence electrons. The van der Waals surface area contributed by atoms with Crippen molar-refractivity contribution in [3.63, 3.8) is 0 Å². The highest BCUT2D eigenvalue weighted by Gasteiger charge is 2.20. The number of hydrogen-bond acceptors (Lipinski definition) is 4. The minimum absolute atomic E-state index is 0.0498. The average molecular weight is 389 g/mol. The van der Waals surface area contributed by atoms with E-state index in [1.807, 2.05) is 0 Å². The van der Waals surface area contributed by atoms with E-state index in [0.717, 1.165) is 38.4 Å². The number of carbonyl (C=O) groups excluding carboxylic acids is 1. The van der Waals surface area contributed by atoms with E-state index >= 15 is 0 Å². The van der Waals surface area contributed by atoms with Crippen LogP contribution in [0.4, 0.5) is 0 Å². The molecular weight excluding hydrogens is 364 g/mol. The number of morpholine rings is 1. The minimum atomic E-state index is -0.159. The molecule has 3 rings (SSSR count). The maximum Gasteiger partial charge on any atom is 0.258 e. The van der Waals surface area contributed by atoms with E-state index in [1.165, 1.54) is 5.56 Å². The first kappa shape index (κ1) is 19.7. The second kappa shape index (κ2) is 9.74. The molecule has 1 heterocycles. The van der Waals surface area contributed by atoms with Gasteiger partial charge in [0.25, 0.3) is 5.91 Å². The summed E-state index contributed by atoms with van der Waals surface area (Å²) in [6.45, 7) is 5.95. The fraction of sp³-hybridized carbons (Fsp3) is 0.381. The molecule has 0 spiro atoms. The maximum absolute atomic E-state index is 12.5. The molecule has 5 nitrogen and oxygen atoms in total. The molecular formula is C21H25ClN2O3. The lowest BCUT2D eigenvalue weighted by atomic mass is 10.0. The summed E-state index contributed by atoms with van der Waals surface area (Å²) in [6, 6.07) is 15.2. The summed E-state index contributed by atoms with van der Waals surface area (Å²) in [5.41, 5.74) is 2.28. The van der Waals surface area contributed by atoms with Crippen LogP contribution < -0.4 is 10.1 Å². The SMILES string of the molecule is Cc1ccc(C(CN2CCOCC2)NC(=O)COc2cccc(Cl)c2)cc1. The molecule has 0 radical (unpaired) electrons. The van der Waals surface area contributed by atoms with Crippen LogP contribution in [0.1, 0.15) is 17.2 Å². The van der Waals surface area contributed by atoms with Crippen molar-refractivity contribution >= 4 is 17.5 Å². The summed E-state index contributed by atoms with van der Waals surface area (Å²) >= 11 is 5.95. The van der Waals surface area contributed by atoms with Gasteiger partial charge in [0, 0.05) is 24.7 Å². The van der Waals surface area contributed by atoms with Gasteiger partial charge in [-0.25, -0.2) is 0 Å². The zero-order valence-electron chi connectivity index (χ0n) is 15.5. The predicted molar refractivity (Wildman–Crippen MR) is 106 cm³/mol. The zero-order valence-corrected chi connectivity index (χ0v) is 16.2. The largest absolute Gasteiger partial charge is 0.484 e. The number of benzene rings is 2. The molecule has 1 fully saturated rings. The number of carbonyl (C=O) groups is 1. The lowest BCUT2D eigenvalue weighted by molar-refractivity contribution is -0.124. The molecule has 1 saturated heterocycles. The smallest absolute Gasteiger partial charge is 0.258 e. The number of nitrogens with zero attached hydrogens (tertiary/aromatic N) is 1. The average Bonchev–Trinajstić information content (AvgIpc) is 2.67. The number of halogens is 1. The van der Waals surface area contributed by atoms with Gasteiger partial charge in [-0.15, -0.1) is 0 Å². The third-order valence-electron chi connectivity index (χ3n) is 4.53. The second-order valence-corrected chi connectivity index (χ2v) is 7.13. The first-order valence-electron chi connectivity index (χ1n) is 9.14. The van der Waals surface area contributed by atoms with Crippen molar-refractivity contribution in [2.75, 3.05) is 39.5 Å². The summed E-state index contributed by atoms with van der Waals surface area (Å²) in [7, 11) is 0. The number of hydrogen-bond donors (Lipinski definition) is 1. The first-order valence-corrected chi connectivity index (χ1v) is 9.52. The Bertz CT molecular complexity index is 745. The van der Waals surface area contributed by atoms with Crippen molar-refractivity contribution in [1.29, 1.82) is 0 Å². The Balaban J connectivity index is 1.62. The molecule has 1 aliphatic rings. The van der Waals surface area contributed by atoms with Crippen molar-refractivity contribution in [3.8, 4) is 5.75 Å². The zero-order chi connectivity index (χ0) is 19.1. The molecule has 2 aromatic carbocycles. The molecule has 2 aromatic rings. The fourth-order valence-corrected chi connectivity index (χ4v) is 3.20. The molecule has 1 aliphatic heterocycles. The fourth-order valence-electron chi connectivity index (χ4n) is 3.02. The Morgan fingerprint density at radius 3 is 2.67 bits per heavy atom. The van der Waals surface area contributed by atoms with Crippen molar-refractivity contribution < 1.29 is 14.3 Å². The van der Waals surface area contributed by atoms with Gasteiger partial charge in [-0.05, 0) is 30.7 Å². The molecule has 1 N–H and O–H groups in total. The molecule has 0 saturated carbocycles. The number of nitrogens with one attached hydrogen (secondary N) is 1. The van der Waals surface area contributed by atoms with Crippen LogP contribution in [0.25, 0.3) is 0 Å². The van der Waals surface area contributed by atoms with E-state index in [1.54, 1.807) is 24.3 Å². The Labute approximate surface area is 165 Å². The van der Waals surface area contributed by atoms with E-state index in [9.17, 15) is 4.79 Å². The summed E-state index contributed by atoms with van der Waals surface area (Å²) in [5.74, 6) is 0.423. The van der Waals surface area contributed by atoms with Crippen molar-refractivity contribution in [1.82, 2.24) is 10.2 Å². The van der Waals surface area contributed by atoms with Crippen LogP contribution in [-0.2, 0) is 9.53 Å². The van der Waals surface area contributed by atoms with Crippen LogP contribution in [0.3, 0.4) is 0 Å². The molecule has 1 amide bonds. The molecule has 0 aliphatic carbocycles. The highest BCUT2D eigenvalue weighted by atomic mass is 35.5. The van der Waals surface area contributed by atoms with Crippen molar-refractivity contribution in [2.24, 2.45) is 0 Å². The third-order valence-corrected chi connectivity index (χ3v) is 4.76. The van der Waals surface area contributed by atoms with Gasteiger partial charge in [0.1, 0.15) is 5.75 Å². The second-order valence-electron chi connectivity index (χ2n) is 6.69. The first-order chi connectivity index (χ1) is 13.1. The lowest BCUT2D eigenvalue weighted by Crippen LogP contribution is -2.44. The summed E-state index contributed by atoms with van der Waals surface area (Å²) in [5, 5.41) is 3.69. The highest BCUT2D eigenvalue weighted by molar-refractivity contribution is 6.30. The number of aryl methyl sites for hydroxylation is 1. The Hall–Kier alpha value is -2.08. The summed E-state index contributed by atoms with van der Waals surface area (Å²) < 4.78 is 11.0. The molecule has 1 atom stereocenters. The van der Waals surface area contributed by atoms with Gasteiger partial charge in [0.15, 0.2) is 6.61 Å². The molecule has 0 aromatic heterocycles. The minimum Gasteiger partial charge on any atom is -0.484 e. The highest BCUT2D eigenvalue weighted by Crippen LogP contribution is 2.18. The standard InChI is InChI=1S/C21H25ClN2O3/c1-16-5-7-17(8-6-16)20(14-24-9-11-26-12-10-24)23-21(25)15-27-19-4-2-3-18(22)13-19/h2-8,13,20H,9-12,14-15H2,1H3,(H,23,25). The topological polar surface area (TPSA) is 50.8 Å². The number of amides is 1. The maximum atomic E-state index is 12.5. The molecule has 0 bridgehead atoms. The third kappa shape index (κ3) is 6.24. The van der Waals surface area contributed by atoms with E-state index in [4.69, 9.17) is 21.1 Å². The quantitative estimate of drug-likeness (QED) is 0.791. The molecule has 6 heteroatoms. The van der Waals surface area contributed by atoms with E-state index < -0.39 is 0 Å². The number of ether oxygens (including phenoxy) is 2. The van der Waals surface area contributed by atoms with E-state index in [-0.39, 0.29) is 18.6 Å². The Morgan fingerprint density at radius 2 is 1.96 bits per heavy atom. The van der Waals surface area contributed by atoms with Crippen LogP contribution in [0.5, 0.6) is 5.75 Å². The van der Waals surface area contributed by atoms with Gasteiger partial charge in [-0.1, -0.05) is 47.5 Å². The van der Waals surface area contributed by atoms with E-state index in [0.29, 0.717) is 10.8 Å². The van der Waals surface area contributed by atoms with Crippen LogP contribution >= 0.6 is 11.6 Å². The Morgan fingerprint density at radius 1 is 1.22 bits per heavy atom. The van der Waals surface area contributed by atoms with Gasteiger partial charge in [-0.2, -0.15) is 0 Å². The Kier molecular flexibility index (Phi) is 7.10. The van der Waals surface area contributed by atoms with Gasteiger partial charge in [-0.3, -0.25) is 9.69 Å². The van der Waals surface area contributed by atoms with Crippen molar-refractivity contribution in [2.45, 2.75) is 13.0 Å². The summed E-state index contributed by atoms with van der Waals surface area (Å²) in [6.07, 6.45) is 0. The normalized spacial score (nSPS) is 15.9. The summed E-state index contributed by atoms with van der Waals surface area (Å²) in [4.78, 5) is 14.8. The van der Waals surface area contributed by atoms with Gasteiger partial charge >= 0.3 is 0 Å². The number of rotatable bonds is 7. The van der Waals surface area contributed by atoms with Gasteiger partial charge in [0.2, 0.25) is 0 Å². The predicted octanol–water partition coefficient (Wildman–Crippen LogP) is 3.22. The monoisotopic (exact) mass is 388 g/mol. The van der Waals surface area contributed by atoms with Crippen LogP contribution in [0, 0.1) is 6.92 Å².